The van der Waals surface area contributed by atoms with Crippen LogP contribution in [0.2, 0.25) is 0 Å². The predicted molar refractivity (Wildman–Crippen MR) is 136 cm³/mol. The number of amides is 2. The zero-order chi connectivity index (χ0) is 24.8. The van der Waals surface area contributed by atoms with Gasteiger partial charge in [0, 0.05) is 24.8 Å². The van der Waals surface area contributed by atoms with Gasteiger partial charge in [-0.1, -0.05) is 74.5 Å². The monoisotopic (exact) mass is 469 g/mol. The average molecular weight is 470 g/mol. The van der Waals surface area contributed by atoms with E-state index in [0.717, 1.165) is 24.0 Å². The van der Waals surface area contributed by atoms with Crippen LogP contribution in [-0.4, -0.2) is 45.6 Å². The summed E-state index contributed by atoms with van der Waals surface area (Å²) in [6.07, 6.45) is 3.36. The number of rotatable bonds is 9. The SMILES string of the molecule is CCCN(CCC)C(=O)c1ccnc(CN2C(=N)NC(c3ccccc3)(c3ccccc3)C2=O)c1. The first-order valence-electron chi connectivity index (χ1n) is 12.0. The van der Waals surface area contributed by atoms with E-state index < -0.39 is 5.54 Å². The zero-order valence-electron chi connectivity index (χ0n) is 20.2. The molecule has 0 saturated carbocycles. The Hall–Kier alpha value is -4.00. The van der Waals surface area contributed by atoms with E-state index in [-0.39, 0.29) is 24.3 Å². The standard InChI is InChI=1S/C28H31N5O2/c1-3-17-32(18-4-2)25(34)21-15-16-30-24(19-21)20-33-26(35)28(31-27(33)29,22-11-7-5-8-12-22)23-13-9-6-10-14-23/h5-16,19H,3-4,17-18,20H2,1-2H3,(H2,29,31). The summed E-state index contributed by atoms with van der Waals surface area (Å²) in [6.45, 7) is 5.59. The highest BCUT2D eigenvalue weighted by molar-refractivity contribution is 6.10. The molecule has 1 aliphatic heterocycles. The fraction of sp³-hybridized carbons (Fsp3) is 0.286. The second-order valence-corrected chi connectivity index (χ2v) is 8.68. The Morgan fingerprint density at radius 2 is 1.54 bits per heavy atom. The second-order valence-electron chi connectivity index (χ2n) is 8.68. The van der Waals surface area contributed by atoms with Crippen LogP contribution < -0.4 is 5.32 Å². The van der Waals surface area contributed by atoms with E-state index in [1.807, 2.05) is 65.6 Å². The van der Waals surface area contributed by atoms with Gasteiger partial charge < -0.3 is 10.2 Å². The van der Waals surface area contributed by atoms with Gasteiger partial charge in [0.25, 0.3) is 11.8 Å². The lowest BCUT2D eigenvalue weighted by molar-refractivity contribution is -0.130. The normalized spacial score (nSPS) is 14.6. The third-order valence-electron chi connectivity index (χ3n) is 6.21. The molecule has 0 spiro atoms. The minimum atomic E-state index is -1.20. The molecule has 2 N–H and O–H groups in total. The van der Waals surface area contributed by atoms with Crippen LogP contribution in [0.15, 0.2) is 79.0 Å². The Labute approximate surface area is 206 Å². The molecule has 1 fully saturated rings. The molecule has 1 saturated heterocycles. The molecule has 2 amide bonds. The van der Waals surface area contributed by atoms with Gasteiger partial charge in [0.2, 0.25) is 0 Å². The lowest BCUT2D eigenvalue weighted by atomic mass is 9.82. The molecule has 0 unspecified atom stereocenters. The summed E-state index contributed by atoms with van der Waals surface area (Å²) in [5.41, 5.74) is 1.41. The third-order valence-corrected chi connectivity index (χ3v) is 6.21. The molecule has 0 bridgehead atoms. The predicted octanol–water partition coefficient (Wildman–Crippen LogP) is 4.15. The molecule has 0 atom stereocenters. The van der Waals surface area contributed by atoms with Crippen LogP contribution in [0.4, 0.5) is 0 Å². The highest BCUT2D eigenvalue weighted by atomic mass is 16.2. The van der Waals surface area contributed by atoms with Crippen molar-refractivity contribution in [2.24, 2.45) is 0 Å². The van der Waals surface area contributed by atoms with Gasteiger partial charge in [-0.25, -0.2) is 0 Å². The molecule has 180 valence electrons. The molecule has 1 aromatic heterocycles. The van der Waals surface area contributed by atoms with E-state index in [0.29, 0.717) is 24.3 Å². The van der Waals surface area contributed by atoms with Crippen molar-refractivity contribution in [3.05, 3.63) is 101 Å². The number of nitrogens with one attached hydrogen (secondary N) is 2. The minimum absolute atomic E-state index is 0.000159. The molecule has 0 radical (unpaired) electrons. The molecule has 35 heavy (non-hydrogen) atoms. The lowest BCUT2D eigenvalue weighted by Crippen LogP contribution is -2.45. The molecular weight excluding hydrogens is 438 g/mol. The Morgan fingerprint density at radius 3 is 2.09 bits per heavy atom. The van der Waals surface area contributed by atoms with Gasteiger partial charge >= 0.3 is 0 Å². The highest BCUT2D eigenvalue weighted by Gasteiger charge is 2.52. The molecule has 7 heteroatoms. The summed E-state index contributed by atoms with van der Waals surface area (Å²) in [7, 11) is 0. The van der Waals surface area contributed by atoms with E-state index in [9.17, 15) is 9.59 Å². The second kappa shape index (κ2) is 10.5. The van der Waals surface area contributed by atoms with Gasteiger partial charge in [0.15, 0.2) is 11.5 Å². The summed E-state index contributed by atoms with van der Waals surface area (Å²) >= 11 is 0. The van der Waals surface area contributed by atoms with Crippen molar-refractivity contribution in [1.29, 1.82) is 5.41 Å². The fourth-order valence-electron chi connectivity index (χ4n) is 4.58. The van der Waals surface area contributed by atoms with Crippen LogP contribution in [0.25, 0.3) is 0 Å². The summed E-state index contributed by atoms with van der Waals surface area (Å²) in [6, 6.07) is 22.3. The average Bonchev–Trinajstić information content (AvgIpc) is 3.15. The van der Waals surface area contributed by atoms with Crippen LogP contribution in [0.5, 0.6) is 0 Å². The van der Waals surface area contributed by atoms with Gasteiger partial charge in [-0.05, 0) is 36.1 Å². The number of pyridine rings is 1. The van der Waals surface area contributed by atoms with Gasteiger partial charge in [0.1, 0.15) is 0 Å². The molecule has 0 aliphatic carbocycles. The molecule has 7 nitrogen and oxygen atoms in total. The largest absolute Gasteiger partial charge is 0.339 e. The summed E-state index contributed by atoms with van der Waals surface area (Å²) in [5.74, 6) is -0.293. The van der Waals surface area contributed by atoms with Crippen molar-refractivity contribution in [2.75, 3.05) is 13.1 Å². The number of carbonyl (C=O) groups excluding carboxylic acids is 2. The van der Waals surface area contributed by atoms with Crippen molar-refractivity contribution in [2.45, 2.75) is 38.8 Å². The zero-order valence-corrected chi connectivity index (χ0v) is 20.2. The van der Waals surface area contributed by atoms with E-state index in [1.165, 1.54) is 4.90 Å². The summed E-state index contributed by atoms with van der Waals surface area (Å²) < 4.78 is 0. The minimum Gasteiger partial charge on any atom is -0.339 e. The van der Waals surface area contributed by atoms with Crippen molar-refractivity contribution < 1.29 is 9.59 Å². The quantitative estimate of drug-likeness (QED) is 0.493. The lowest BCUT2D eigenvalue weighted by Gasteiger charge is -2.28. The van der Waals surface area contributed by atoms with Crippen molar-refractivity contribution >= 4 is 17.8 Å². The number of nitrogens with zero attached hydrogens (tertiary/aromatic N) is 3. The Morgan fingerprint density at radius 1 is 0.971 bits per heavy atom. The van der Waals surface area contributed by atoms with Crippen molar-refractivity contribution in [1.82, 2.24) is 20.1 Å². The topological polar surface area (TPSA) is 89.4 Å². The van der Waals surface area contributed by atoms with E-state index in [1.54, 1.807) is 18.3 Å². The van der Waals surface area contributed by atoms with Crippen molar-refractivity contribution in [3.8, 4) is 0 Å². The number of guanidine groups is 1. The summed E-state index contributed by atoms with van der Waals surface area (Å²) in [4.78, 5) is 34.7. The van der Waals surface area contributed by atoms with Gasteiger partial charge in [-0.15, -0.1) is 0 Å². The van der Waals surface area contributed by atoms with E-state index in [2.05, 4.69) is 24.1 Å². The number of hydrogen-bond donors (Lipinski definition) is 2. The van der Waals surface area contributed by atoms with Gasteiger partial charge in [-0.2, -0.15) is 0 Å². The first kappa shape index (κ1) is 24.1. The smallest absolute Gasteiger partial charge is 0.264 e. The Kier molecular flexibility index (Phi) is 7.25. The number of carbonyl (C=O) groups is 2. The first-order valence-corrected chi connectivity index (χ1v) is 12.0. The Bertz CT molecular complexity index is 1150. The maximum Gasteiger partial charge on any atom is 0.264 e. The number of aromatic nitrogens is 1. The number of hydrogen-bond acceptors (Lipinski definition) is 4. The Balaban J connectivity index is 1.65. The molecular formula is C28H31N5O2. The van der Waals surface area contributed by atoms with Crippen LogP contribution in [-0.2, 0) is 16.9 Å². The third kappa shape index (κ3) is 4.67. The van der Waals surface area contributed by atoms with E-state index >= 15 is 0 Å². The van der Waals surface area contributed by atoms with Crippen molar-refractivity contribution in [3.63, 3.8) is 0 Å². The molecule has 4 rings (SSSR count). The van der Waals surface area contributed by atoms with Crippen LogP contribution in [0.1, 0.15) is 53.9 Å². The number of benzene rings is 2. The molecule has 3 aromatic rings. The molecule has 2 aromatic carbocycles. The van der Waals surface area contributed by atoms with Crippen LogP contribution in [0.3, 0.4) is 0 Å². The van der Waals surface area contributed by atoms with Gasteiger partial charge in [0.05, 0.1) is 12.2 Å². The van der Waals surface area contributed by atoms with Gasteiger partial charge in [-0.3, -0.25) is 24.9 Å². The van der Waals surface area contributed by atoms with E-state index in [4.69, 9.17) is 5.41 Å². The van der Waals surface area contributed by atoms with Crippen LogP contribution >= 0.6 is 0 Å². The van der Waals surface area contributed by atoms with Crippen LogP contribution in [0, 0.1) is 5.41 Å². The molecule has 2 heterocycles. The first-order chi connectivity index (χ1) is 17.0. The fourth-order valence-corrected chi connectivity index (χ4v) is 4.58. The highest BCUT2D eigenvalue weighted by Crippen LogP contribution is 2.36. The molecule has 1 aliphatic rings. The maximum atomic E-state index is 14.0. The summed E-state index contributed by atoms with van der Waals surface area (Å²) in [5, 5.41) is 11.8. The maximum absolute atomic E-state index is 14.0.